The topological polar surface area (TPSA) is 81.4 Å². The molecule has 0 aliphatic heterocycles. The smallest absolute Gasteiger partial charge is 0.337 e. The highest BCUT2D eigenvalue weighted by Gasteiger charge is 2.27. The average molecular weight is 290 g/mol. The summed E-state index contributed by atoms with van der Waals surface area (Å²) in [6, 6.07) is 6.66. The van der Waals surface area contributed by atoms with E-state index >= 15 is 0 Å². The monoisotopic (exact) mass is 290 g/mol. The molecule has 0 bridgehead atoms. The predicted octanol–water partition coefficient (Wildman–Crippen LogP) is 2.32. The van der Waals surface area contributed by atoms with Crippen molar-refractivity contribution in [3.05, 3.63) is 29.8 Å². The summed E-state index contributed by atoms with van der Waals surface area (Å²) in [5.41, 5.74) is 7.11. The van der Waals surface area contributed by atoms with Crippen molar-refractivity contribution in [2.45, 2.75) is 38.1 Å². The van der Waals surface area contributed by atoms with Gasteiger partial charge in [0.05, 0.1) is 18.6 Å². The highest BCUT2D eigenvalue weighted by Crippen LogP contribution is 2.24. The third-order valence-electron chi connectivity index (χ3n) is 3.96. The number of hydrogen-bond acceptors (Lipinski definition) is 4. The molecule has 1 fully saturated rings. The van der Waals surface area contributed by atoms with E-state index in [4.69, 9.17) is 5.73 Å². The number of carbonyl (C=O) groups is 2. The Morgan fingerprint density at radius 3 is 2.76 bits per heavy atom. The molecule has 0 saturated heterocycles. The lowest BCUT2D eigenvalue weighted by Gasteiger charge is -2.20. The molecule has 2 atom stereocenters. The number of rotatable bonds is 3. The molecule has 21 heavy (non-hydrogen) atoms. The molecular formula is C16H22N2O3. The number of esters is 1. The quantitative estimate of drug-likeness (QED) is 0.661. The second-order valence-corrected chi connectivity index (χ2v) is 5.47. The van der Waals surface area contributed by atoms with Crippen LogP contribution < -0.4 is 11.1 Å². The van der Waals surface area contributed by atoms with E-state index in [9.17, 15) is 9.59 Å². The number of benzene rings is 1. The summed E-state index contributed by atoms with van der Waals surface area (Å²) in [6.45, 7) is 0. The zero-order chi connectivity index (χ0) is 15.2. The van der Waals surface area contributed by atoms with Crippen LogP contribution in [-0.4, -0.2) is 25.0 Å². The fourth-order valence-electron chi connectivity index (χ4n) is 2.74. The lowest BCUT2D eigenvalue weighted by atomic mass is 9.94. The highest BCUT2D eigenvalue weighted by atomic mass is 16.5. The Bertz CT molecular complexity index is 516. The SMILES string of the molecule is COC(=O)c1cccc(NC(=O)C2CCCCCC2N)c1. The Hall–Kier alpha value is -1.88. The molecule has 0 aromatic heterocycles. The van der Waals surface area contributed by atoms with E-state index in [2.05, 4.69) is 10.1 Å². The molecule has 1 amide bonds. The van der Waals surface area contributed by atoms with Gasteiger partial charge >= 0.3 is 5.97 Å². The van der Waals surface area contributed by atoms with Gasteiger partial charge in [0.15, 0.2) is 0 Å². The number of nitrogens with two attached hydrogens (primary N) is 1. The van der Waals surface area contributed by atoms with Crippen molar-refractivity contribution in [1.82, 2.24) is 0 Å². The molecule has 2 rings (SSSR count). The van der Waals surface area contributed by atoms with E-state index in [0.717, 1.165) is 32.1 Å². The maximum Gasteiger partial charge on any atom is 0.337 e. The number of hydrogen-bond donors (Lipinski definition) is 2. The lowest BCUT2D eigenvalue weighted by molar-refractivity contribution is -0.120. The van der Waals surface area contributed by atoms with E-state index in [1.807, 2.05) is 0 Å². The van der Waals surface area contributed by atoms with E-state index in [1.165, 1.54) is 7.11 Å². The van der Waals surface area contributed by atoms with Crippen LogP contribution in [0.15, 0.2) is 24.3 Å². The molecule has 114 valence electrons. The molecule has 1 aromatic carbocycles. The van der Waals surface area contributed by atoms with Crippen LogP contribution in [0.1, 0.15) is 42.5 Å². The van der Waals surface area contributed by atoms with Gasteiger partial charge in [-0.3, -0.25) is 4.79 Å². The number of anilines is 1. The van der Waals surface area contributed by atoms with Gasteiger partial charge in [-0.1, -0.05) is 25.3 Å². The maximum atomic E-state index is 12.4. The van der Waals surface area contributed by atoms with Gasteiger partial charge in [-0.15, -0.1) is 0 Å². The minimum absolute atomic E-state index is 0.0635. The Labute approximate surface area is 124 Å². The Morgan fingerprint density at radius 2 is 2.00 bits per heavy atom. The maximum absolute atomic E-state index is 12.4. The van der Waals surface area contributed by atoms with Crippen LogP contribution in [0.4, 0.5) is 5.69 Å². The molecule has 5 nitrogen and oxygen atoms in total. The zero-order valence-corrected chi connectivity index (χ0v) is 12.3. The van der Waals surface area contributed by atoms with Crippen molar-refractivity contribution < 1.29 is 14.3 Å². The first-order chi connectivity index (χ1) is 10.1. The fourth-order valence-corrected chi connectivity index (χ4v) is 2.74. The van der Waals surface area contributed by atoms with Crippen LogP contribution in [0, 0.1) is 5.92 Å². The molecule has 5 heteroatoms. The van der Waals surface area contributed by atoms with Crippen molar-refractivity contribution in [1.29, 1.82) is 0 Å². The molecular weight excluding hydrogens is 268 g/mol. The largest absolute Gasteiger partial charge is 0.465 e. The average Bonchev–Trinajstić information content (AvgIpc) is 2.71. The second-order valence-electron chi connectivity index (χ2n) is 5.47. The minimum atomic E-state index is -0.419. The van der Waals surface area contributed by atoms with Crippen LogP contribution >= 0.6 is 0 Å². The van der Waals surface area contributed by atoms with Crippen LogP contribution in [0.5, 0.6) is 0 Å². The highest BCUT2D eigenvalue weighted by molar-refractivity contribution is 5.95. The van der Waals surface area contributed by atoms with Crippen LogP contribution in [0.25, 0.3) is 0 Å². The molecule has 3 N–H and O–H groups in total. The first-order valence-electron chi connectivity index (χ1n) is 7.36. The summed E-state index contributed by atoms with van der Waals surface area (Å²) in [4.78, 5) is 23.9. The summed E-state index contributed by atoms with van der Waals surface area (Å²) in [7, 11) is 1.33. The minimum Gasteiger partial charge on any atom is -0.465 e. The number of methoxy groups -OCH3 is 1. The second kappa shape index (κ2) is 7.22. The first-order valence-corrected chi connectivity index (χ1v) is 7.36. The van der Waals surface area contributed by atoms with E-state index in [1.54, 1.807) is 24.3 Å². The third kappa shape index (κ3) is 4.04. The Balaban J connectivity index is 2.06. The number of carbonyl (C=O) groups excluding carboxylic acids is 2. The van der Waals surface area contributed by atoms with Gasteiger partial charge in [-0.2, -0.15) is 0 Å². The first kappa shape index (κ1) is 15.5. The number of nitrogens with one attached hydrogen (secondary N) is 1. The lowest BCUT2D eigenvalue weighted by Crippen LogP contribution is -2.37. The van der Waals surface area contributed by atoms with Gasteiger partial charge in [-0.25, -0.2) is 4.79 Å². The number of ether oxygens (including phenoxy) is 1. The van der Waals surface area contributed by atoms with Gasteiger partial charge < -0.3 is 15.8 Å². The normalized spacial score (nSPS) is 22.2. The molecule has 0 spiro atoms. The molecule has 1 aliphatic carbocycles. The molecule has 1 saturated carbocycles. The van der Waals surface area contributed by atoms with Crippen LogP contribution in [-0.2, 0) is 9.53 Å². The van der Waals surface area contributed by atoms with E-state index < -0.39 is 5.97 Å². The van der Waals surface area contributed by atoms with Crippen molar-refractivity contribution in [2.24, 2.45) is 11.7 Å². The fraction of sp³-hybridized carbons (Fsp3) is 0.500. The van der Waals surface area contributed by atoms with E-state index in [0.29, 0.717) is 11.3 Å². The Morgan fingerprint density at radius 1 is 1.24 bits per heavy atom. The molecule has 1 aromatic rings. The van der Waals surface area contributed by atoms with Crippen LogP contribution in [0.2, 0.25) is 0 Å². The molecule has 0 heterocycles. The summed E-state index contributed by atoms with van der Waals surface area (Å²) >= 11 is 0. The van der Waals surface area contributed by atoms with Gasteiger partial charge in [0.25, 0.3) is 0 Å². The van der Waals surface area contributed by atoms with Crippen molar-refractivity contribution in [3.63, 3.8) is 0 Å². The standard InChI is InChI=1S/C16H22N2O3/c1-21-16(20)11-6-5-7-12(10-11)18-15(19)13-8-3-2-4-9-14(13)17/h5-7,10,13-14H,2-4,8-9,17H2,1H3,(H,18,19). The van der Waals surface area contributed by atoms with E-state index in [-0.39, 0.29) is 17.9 Å². The summed E-state index contributed by atoms with van der Waals surface area (Å²) in [5, 5.41) is 2.86. The van der Waals surface area contributed by atoms with Crippen LogP contribution in [0.3, 0.4) is 0 Å². The molecule has 0 radical (unpaired) electrons. The van der Waals surface area contributed by atoms with Gasteiger partial charge in [-0.05, 0) is 31.0 Å². The van der Waals surface area contributed by atoms with Crippen molar-refractivity contribution in [3.8, 4) is 0 Å². The molecule has 1 aliphatic rings. The molecule has 2 unspecified atom stereocenters. The zero-order valence-electron chi connectivity index (χ0n) is 12.3. The summed E-state index contributed by atoms with van der Waals surface area (Å²) in [5.74, 6) is -0.641. The predicted molar refractivity (Wildman–Crippen MR) is 81.0 cm³/mol. The Kier molecular flexibility index (Phi) is 5.33. The number of amides is 1. The van der Waals surface area contributed by atoms with Crippen molar-refractivity contribution in [2.75, 3.05) is 12.4 Å². The third-order valence-corrected chi connectivity index (χ3v) is 3.96. The van der Waals surface area contributed by atoms with Crippen molar-refractivity contribution >= 4 is 17.6 Å². The van der Waals surface area contributed by atoms with Gasteiger partial charge in [0, 0.05) is 11.7 Å². The van der Waals surface area contributed by atoms with Gasteiger partial charge in [0.2, 0.25) is 5.91 Å². The summed E-state index contributed by atoms with van der Waals surface area (Å²) in [6.07, 6.45) is 4.97. The summed E-state index contributed by atoms with van der Waals surface area (Å²) < 4.78 is 4.67. The van der Waals surface area contributed by atoms with Gasteiger partial charge in [0.1, 0.15) is 0 Å².